The third kappa shape index (κ3) is 1.52. The van der Waals surface area contributed by atoms with Gasteiger partial charge >= 0.3 is 16.6 Å². The van der Waals surface area contributed by atoms with Crippen molar-refractivity contribution in [3.05, 3.63) is 0 Å². The number of carbonyl (C=O) groups is 1. The fourth-order valence-electron chi connectivity index (χ4n) is 0.164. The zero-order chi connectivity index (χ0) is 6.91. The fraction of sp³-hybridized carbons (Fsp3) is 0. The molecular formula is CO7S. The van der Waals surface area contributed by atoms with Crippen LogP contribution in [0.2, 0.25) is 0 Å². The van der Waals surface area contributed by atoms with Crippen LogP contribution in [0, 0.1) is 0 Å². The third-order valence-electron chi connectivity index (χ3n) is 0.371. The van der Waals surface area contributed by atoms with Crippen LogP contribution in [-0.2, 0) is 28.8 Å². The lowest BCUT2D eigenvalue weighted by atomic mass is 11.4. The van der Waals surface area contributed by atoms with Gasteiger partial charge in [0.05, 0.1) is 0 Å². The van der Waals surface area contributed by atoms with Crippen molar-refractivity contribution in [2.45, 2.75) is 0 Å². The average Bonchev–Trinajstić information content (AvgIpc) is 1.78. The molecule has 0 saturated carbocycles. The predicted octanol–water partition coefficient (Wildman–Crippen LogP) is -0.739. The van der Waals surface area contributed by atoms with Gasteiger partial charge in [0.15, 0.2) is 0 Å². The van der Waals surface area contributed by atoms with Crippen LogP contribution in [-0.4, -0.2) is 14.6 Å². The Morgan fingerprint density at radius 1 is 1.11 bits per heavy atom. The minimum absolute atomic E-state index is 1.37. The Morgan fingerprint density at radius 3 is 1.89 bits per heavy atom. The Morgan fingerprint density at radius 2 is 1.56 bits per heavy atom. The van der Waals surface area contributed by atoms with E-state index in [2.05, 4.69) is 18.4 Å². The molecule has 0 N–H and O–H groups in total. The maximum atomic E-state index is 9.95. The summed E-state index contributed by atoms with van der Waals surface area (Å²) in [6.07, 6.45) is -1.37. The molecule has 1 aliphatic rings. The summed E-state index contributed by atoms with van der Waals surface area (Å²) in [5, 5.41) is 0. The zero-order valence-electron chi connectivity index (χ0n) is 3.77. The molecule has 52 valence electrons. The van der Waals surface area contributed by atoms with Crippen LogP contribution in [0.3, 0.4) is 0 Å². The molecule has 0 aromatic carbocycles. The average molecular weight is 156 g/mol. The van der Waals surface area contributed by atoms with Crippen LogP contribution in [0.4, 0.5) is 4.79 Å². The molecule has 0 atom stereocenters. The summed E-state index contributed by atoms with van der Waals surface area (Å²) in [7, 11) is -4.28. The van der Waals surface area contributed by atoms with Gasteiger partial charge in [0, 0.05) is 0 Å². The van der Waals surface area contributed by atoms with Crippen molar-refractivity contribution < 1.29 is 31.7 Å². The summed E-state index contributed by atoms with van der Waals surface area (Å²) in [6, 6.07) is 0. The molecule has 1 heterocycles. The first kappa shape index (κ1) is 6.26. The first-order valence-electron chi connectivity index (χ1n) is 1.61. The maximum absolute atomic E-state index is 9.95. The van der Waals surface area contributed by atoms with E-state index in [1.165, 1.54) is 0 Å². The van der Waals surface area contributed by atoms with Crippen LogP contribution in [0.5, 0.6) is 0 Å². The lowest BCUT2D eigenvalue weighted by molar-refractivity contribution is -0.285. The van der Waals surface area contributed by atoms with E-state index in [9.17, 15) is 13.2 Å². The molecule has 0 unspecified atom stereocenters. The Bertz CT molecular complexity index is 195. The van der Waals surface area contributed by atoms with Crippen LogP contribution in [0.1, 0.15) is 0 Å². The Hall–Kier alpha value is -0.860. The highest BCUT2D eigenvalue weighted by Gasteiger charge is 2.28. The molecule has 1 fully saturated rings. The first-order chi connectivity index (χ1) is 4.10. The molecule has 0 radical (unpaired) electrons. The van der Waals surface area contributed by atoms with E-state index in [1.807, 2.05) is 0 Å². The van der Waals surface area contributed by atoms with Crippen molar-refractivity contribution in [2.75, 3.05) is 0 Å². The van der Waals surface area contributed by atoms with E-state index < -0.39 is 16.6 Å². The van der Waals surface area contributed by atoms with E-state index >= 15 is 0 Å². The molecule has 1 rings (SSSR count). The van der Waals surface area contributed by atoms with Crippen molar-refractivity contribution in [2.24, 2.45) is 0 Å². The monoisotopic (exact) mass is 156 g/mol. The van der Waals surface area contributed by atoms with Gasteiger partial charge in [-0.2, -0.15) is 13.2 Å². The highest BCUT2D eigenvalue weighted by Crippen LogP contribution is 2.05. The van der Waals surface area contributed by atoms with Gasteiger partial charge in [0.1, 0.15) is 0 Å². The van der Waals surface area contributed by atoms with Gasteiger partial charge in [-0.25, -0.2) is 9.78 Å². The molecule has 0 spiro atoms. The molecular weight excluding hydrogens is 156 g/mol. The number of carbonyl (C=O) groups excluding carboxylic acids is 1. The van der Waals surface area contributed by atoms with Gasteiger partial charge in [0.2, 0.25) is 0 Å². The summed E-state index contributed by atoms with van der Waals surface area (Å²) < 4.78 is 26.6. The third-order valence-corrected chi connectivity index (χ3v) is 0.840. The number of hydrogen-bond donors (Lipinski definition) is 0. The lowest BCUT2D eigenvalue weighted by Crippen LogP contribution is -2.22. The van der Waals surface area contributed by atoms with Gasteiger partial charge in [-0.05, 0) is 8.67 Å². The second-order valence-corrected chi connectivity index (χ2v) is 2.05. The largest absolute Gasteiger partial charge is 0.575 e. The molecule has 0 aromatic rings. The molecule has 1 saturated heterocycles. The zero-order valence-corrected chi connectivity index (χ0v) is 4.58. The van der Waals surface area contributed by atoms with Crippen LogP contribution >= 0.6 is 0 Å². The van der Waals surface area contributed by atoms with Gasteiger partial charge in [-0.1, -0.05) is 0 Å². The number of rotatable bonds is 0. The summed E-state index contributed by atoms with van der Waals surface area (Å²) in [6.45, 7) is 0. The van der Waals surface area contributed by atoms with Gasteiger partial charge in [-0.3, -0.25) is 0 Å². The topological polar surface area (TPSA) is 88.1 Å². The highest BCUT2D eigenvalue weighted by atomic mass is 32.3. The van der Waals surface area contributed by atoms with Crippen molar-refractivity contribution in [3.63, 3.8) is 0 Å². The van der Waals surface area contributed by atoms with Crippen molar-refractivity contribution >= 4 is 16.6 Å². The summed E-state index contributed by atoms with van der Waals surface area (Å²) in [5.41, 5.74) is 0. The van der Waals surface area contributed by atoms with Crippen molar-refractivity contribution in [3.8, 4) is 0 Å². The van der Waals surface area contributed by atoms with E-state index in [0.717, 1.165) is 0 Å². The molecule has 0 bridgehead atoms. The normalized spacial score (nSPS) is 24.2. The second-order valence-electron chi connectivity index (χ2n) is 0.961. The maximum Gasteiger partial charge on any atom is 0.575 e. The van der Waals surface area contributed by atoms with E-state index in [1.54, 1.807) is 0 Å². The molecule has 0 aliphatic carbocycles. The first-order valence-corrected chi connectivity index (χ1v) is 2.95. The summed E-state index contributed by atoms with van der Waals surface area (Å²) >= 11 is 0. The SMILES string of the molecule is O=C1OOS(=O)(=O)OO1. The lowest BCUT2D eigenvalue weighted by Gasteiger charge is -2.05. The van der Waals surface area contributed by atoms with Gasteiger partial charge < -0.3 is 0 Å². The summed E-state index contributed by atoms with van der Waals surface area (Å²) in [4.78, 5) is 16.6. The quantitative estimate of drug-likeness (QED) is 0.426. The van der Waals surface area contributed by atoms with E-state index in [-0.39, 0.29) is 0 Å². The Balaban J connectivity index is 2.65. The predicted molar refractivity (Wildman–Crippen MR) is 18.7 cm³/mol. The molecule has 8 heteroatoms. The summed E-state index contributed by atoms with van der Waals surface area (Å²) in [5.74, 6) is 0. The van der Waals surface area contributed by atoms with Crippen LogP contribution in [0.25, 0.3) is 0 Å². The van der Waals surface area contributed by atoms with Crippen molar-refractivity contribution in [1.82, 2.24) is 0 Å². The molecule has 7 nitrogen and oxygen atoms in total. The molecule has 0 amide bonds. The van der Waals surface area contributed by atoms with Gasteiger partial charge in [0.25, 0.3) is 0 Å². The van der Waals surface area contributed by atoms with E-state index in [0.29, 0.717) is 0 Å². The fourth-order valence-corrected chi connectivity index (χ4v) is 0.465. The Labute approximate surface area is 49.3 Å². The van der Waals surface area contributed by atoms with E-state index in [4.69, 9.17) is 0 Å². The highest BCUT2D eigenvalue weighted by molar-refractivity contribution is 7.81. The van der Waals surface area contributed by atoms with Crippen LogP contribution < -0.4 is 0 Å². The second kappa shape index (κ2) is 1.83. The molecule has 1 aliphatic heterocycles. The van der Waals surface area contributed by atoms with Gasteiger partial charge in [-0.15, -0.1) is 0 Å². The Kier molecular flexibility index (Phi) is 1.27. The molecule has 0 aromatic heterocycles. The van der Waals surface area contributed by atoms with Crippen molar-refractivity contribution in [1.29, 1.82) is 0 Å². The minimum Gasteiger partial charge on any atom is -0.238 e. The van der Waals surface area contributed by atoms with Crippen LogP contribution in [0.15, 0.2) is 0 Å². The minimum atomic E-state index is -4.28. The molecule has 9 heavy (non-hydrogen) atoms. The smallest absolute Gasteiger partial charge is 0.238 e. The standard InChI is InChI=1S/CO7S/c2-1-5-7-9(3,4)8-6-1. The number of hydrogen-bond acceptors (Lipinski definition) is 7.